The molecule has 1 rings (SSSR count). The fourth-order valence-electron chi connectivity index (χ4n) is 2.57. The molecule has 2 atom stereocenters. The van der Waals surface area contributed by atoms with Crippen molar-refractivity contribution in [1.29, 1.82) is 0 Å². The molecule has 1 fully saturated rings. The van der Waals surface area contributed by atoms with Gasteiger partial charge >= 0.3 is 12.1 Å². The number of hydrogen-bond acceptors (Lipinski definition) is 4. The number of carbonyl (C=O) groups is 1. The number of alkyl halides is 3. The van der Waals surface area contributed by atoms with E-state index in [1.165, 1.54) is 0 Å². The lowest BCUT2D eigenvalue weighted by Crippen LogP contribution is -2.51. The van der Waals surface area contributed by atoms with Gasteiger partial charge in [0.2, 0.25) is 0 Å². The summed E-state index contributed by atoms with van der Waals surface area (Å²) in [7, 11) is 0. The number of nitrogens with zero attached hydrogens (tertiary/aromatic N) is 1. The fraction of sp³-hybridized carbons (Fsp3) is 0.923. The molecule has 0 aromatic carbocycles. The van der Waals surface area contributed by atoms with Gasteiger partial charge in [-0.05, 0) is 25.8 Å². The Bertz CT molecular complexity index is 310. The lowest BCUT2D eigenvalue weighted by atomic mass is 9.91. The van der Waals surface area contributed by atoms with Crippen molar-refractivity contribution in [3.05, 3.63) is 0 Å². The first kappa shape index (κ1) is 17.2. The second-order valence-electron chi connectivity index (χ2n) is 5.16. The van der Waals surface area contributed by atoms with Crippen LogP contribution in [0, 0.1) is 5.92 Å². The monoisotopic (exact) mass is 296 g/mol. The van der Waals surface area contributed by atoms with E-state index in [1.807, 2.05) is 6.92 Å². The van der Waals surface area contributed by atoms with Crippen molar-refractivity contribution >= 4 is 5.97 Å². The first-order chi connectivity index (χ1) is 9.34. The van der Waals surface area contributed by atoms with Crippen molar-refractivity contribution in [2.75, 3.05) is 32.8 Å². The van der Waals surface area contributed by atoms with Crippen LogP contribution in [0.15, 0.2) is 0 Å². The van der Waals surface area contributed by atoms with E-state index in [0.29, 0.717) is 19.6 Å². The third-order valence-corrected chi connectivity index (χ3v) is 3.41. The van der Waals surface area contributed by atoms with E-state index in [1.54, 1.807) is 6.92 Å². The van der Waals surface area contributed by atoms with Gasteiger partial charge in [0, 0.05) is 25.6 Å². The van der Waals surface area contributed by atoms with Gasteiger partial charge in [0.05, 0.1) is 13.2 Å². The van der Waals surface area contributed by atoms with Crippen LogP contribution in [0.3, 0.4) is 0 Å². The highest BCUT2D eigenvalue weighted by atomic mass is 19.4. The summed E-state index contributed by atoms with van der Waals surface area (Å²) in [5.74, 6) is -0.224. The molecule has 20 heavy (non-hydrogen) atoms. The first-order valence-corrected chi connectivity index (χ1v) is 7.02. The Balaban J connectivity index is 2.49. The minimum Gasteiger partial charge on any atom is -0.466 e. The summed E-state index contributed by atoms with van der Waals surface area (Å²) in [6.07, 6.45) is -3.36. The van der Waals surface area contributed by atoms with Gasteiger partial charge in [-0.1, -0.05) is 6.92 Å². The van der Waals surface area contributed by atoms with Gasteiger partial charge in [-0.2, -0.15) is 13.2 Å². The van der Waals surface area contributed by atoms with Crippen LogP contribution in [0.4, 0.5) is 13.2 Å². The number of likely N-dealkylation sites (tertiary alicyclic amines) is 1. The number of carbonyl (C=O) groups excluding carboxylic acids is 1. The van der Waals surface area contributed by atoms with E-state index in [9.17, 15) is 18.0 Å². The van der Waals surface area contributed by atoms with Crippen LogP contribution in [0.2, 0.25) is 0 Å². The largest absolute Gasteiger partial charge is 0.466 e. The quantitative estimate of drug-likeness (QED) is 0.759. The zero-order valence-corrected chi connectivity index (χ0v) is 12.0. The summed E-state index contributed by atoms with van der Waals surface area (Å²) < 4.78 is 41.6. The highest BCUT2D eigenvalue weighted by Gasteiger charge is 2.32. The molecule has 0 saturated carbocycles. The molecule has 2 unspecified atom stereocenters. The summed E-state index contributed by atoms with van der Waals surface area (Å²) in [6.45, 7) is 5.15. The number of hydrogen-bond donors (Lipinski definition) is 1. The molecule has 0 aliphatic carbocycles. The molecule has 0 aromatic rings. The lowest BCUT2D eigenvalue weighted by Gasteiger charge is -2.37. The van der Waals surface area contributed by atoms with Gasteiger partial charge in [0.15, 0.2) is 0 Å². The summed E-state index contributed by atoms with van der Waals surface area (Å²) in [4.78, 5) is 13.6. The Kier molecular flexibility index (Phi) is 6.75. The van der Waals surface area contributed by atoms with Crippen LogP contribution in [0.1, 0.15) is 26.7 Å². The van der Waals surface area contributed by atoms with Crippen molar-refractivity contribution in [2.45, 2.75) is 38.9 Å². The van der Waals surface area contributed by atoms with Gasteiger partial charge in [-0.3, -0.25) is 4.79 Å². The predicted octanol–water partition coefficient (Wildman–Crippen LogP) is 1.80. The van der Waals surface area contributed by atoms with Crippen molar-refractivity contribution in [3.8, 4) is 0 Å². The van der Waals surface area contributed by atoms with Crippen LogP contribution in [0.5, 0.6) is 0 Å². The maximum Gasteiger partial charge on any atom is 0.401 e. The topological polar surface area (TPSA) is 41.6 Å². The number of likely N-dealkylation sites (N-methyl/N-ethyl adjacent to an activating group) is 1. The minimum atomic E-state index is -4.20. The van der Waals surface area contributed by atoms with Gasteiger partial charge in [-0.25, -0.2) is 0 Å². The summed E-state index contributed by atoms with van der Waals surface area (Å²) in [5, 5.41) is 2.54. The van der Waals surface area contributed by atoms with E-state index >= 15 is 0 Å². The molecule has 0 amide bonds. The molecule has 7 heteroatoms. The van der Waals surface area contributed by atoms with Crippen LogP contribution in [-0.2, 0) is 9.53 Å². The minimum absolute atomic E-state index is 0.0495. The van der Waals surface area contributed by atoms with Gasteiger partial charge in [0.1, 0.15) is 0 Å². The third-order valence-electron chi connectivity index (χ3n) is 3.41. The van der Waals surface area contributed by atoms with Crippen LogP contribution in [-0.4, -0.2) is 55.9 Å². The van der Waals surface area contributed by atoms with Crippen molar-refractivity contribution in [3.63, 3.8) is 0 Å². The number of ether oxygens (including phenoxy) is 1. The summed E-state index contributed by atoms with van der Waals surface area (Å²) in [5.41, 5.74) is 0. The molecule has 1 N–H and O–H groups in total. The second-order valence-corrected chi connectivity index (χ2v) is 5.16. The Morgan fingerprint density at radius 1 is 1.35 bits per heavy atom. The molecule has 118 valence electrons. The molecule has 0 radical (unpaired) electrons. The second kappa shape index (κ2) is 7.83. The highest BCUT2D eigenvalue weighted by molar-refractivity contribution is 5.69. The maximum atomic E-state index is 12.2. The SMILES string of the molecule is CCOC(=O)CC1CC(NCC(F)(F)F)CN(CC)C1. The van der Waals surface area contributed by atoms with Crippen molar-refractivity contribution < 1.29 is 22.7 Å². The molecule has 0 aromatic heterocycles. The fourth-order valence-corrected chi connectivity index (χ4v) is 2.57. The number of esters is 1. The normalized spacial score (nSPS) is 24.6. The average molecular weight is 296 g/mol. The molecule has 1 aliphatic rings. The van der Waals surface area contributed by atoms with Gasteiger partial charge in [0.25, 0.3) is 0 Å². The number of rotatable bonds is 6. The summed E-state index contributed by atoms with van der Waals surface area (Å²) >= 11 is 0. The van der Waals surface area contributed by atoms with E-state index in [2.05, 4.69) is 10.2 Å². The molecule has 4 nitrogen and oxygen atoms in total. The Labute approximate surface area is 117 Å². The molecule has 0 bridgehead atoms. The predicted molar refractivity (Wildman–Crippen MR) is 69.3 cm³/mol. The standard InChI is InChI=1S/C13H23F3N2O2/c1-3-18-7-10(6-12(19)20-4-2)5-11(8-18)17-9-13(14,15)16/h10-11,17H,3-9H2,1-2H3. The average Bonchev–Trinajstić information content (AvgIpc) is 2.35. The number of piperidine rings is 1. The molecule has 0 spiro atoms. The van der Waals surface area contributed by atoms with E-state index < -0.39 is 12.7 Å². The maximum absolute atomic E-state index is 12.2. The van der Waals surface area contributed by atoms with E-state index in [0.717, 1.165) is 13.1 Å². The summed E-state index contributed by atoms with van der Waals surface area (Å²) in [6, 6.07) is -0.232. The van der Waals surface area contributed by atoms with Crippen LogP contribution in [0.25, 0.3) is 0 Å². The third kappa shape index (κ3) is 6.56. The van der Waals surface area contributed by atoms with Crippen LogP contribution < -0.4 is 5.32 Å². The number of halogens is 3. The Morgan fingerprint density at radius 3 is 2.60 bits per heavy atom. The zero-order chi connectivity index (χ0) is 15.2. The van der Waals surface area contributed by atoms with Gasteiger partial charge < -0.3 is 15.0 Å². The van der Waals surface area contributed by atoms with Gasteiger partial charge in [-0.15, -0.1) is 0 Å². The lowest BCUT2D eigenvalue weighted by molar-refractivity contribution is -0.145. The molecule has 1 aliphatic heterocycles. The first-order valence-electron chi connectivity index (χ1n) is 7.02. The smallest absolute Gasteiger partial charge is 0.401 e. The van der Waals surface area contributed by atoms with Crippen LogP contribution >= 0.6 is 0 Å². The Morgan fingerprint density at radius 2 is 2.05 bits per heavy atom. The Hall–Kier alpha value is -0.820. The van der Waals surface area contributed by atoms with E-state index in [-0.39, 0.29) is 24.3 Å². The van der Waals surface area contributed by atoms with Crippen molar-refractivity contribution in [1.82, 2.24) is 10.2 Å². The zero-order valence-electron chi connectivity index (χ0n) is 12.0. The molecule has 1 saturated heterocycles. The van der Waals surface area contributed by atoms with Crippen molar-refractivity contribution in [2.24, 2.45) is 5.92 Å². The number of nitrogens with one attached hydrogen (secondary N) is 1. The highest BCUT2D eigenvalue weighted by Crippen LogP contribution is 2.22. The van der Waals surface area contributed by atoms with E-state index in [4.69, 9.17) is 4.74 Å². The molecular weight excluding hydrogens is 273 g/mol. The molecular formula is C13H23F3N2O2. The molecule has 1 heterocycles.